The van der Waals surface area contributed by atoms with Gasteiger partial charge in [-0.05, 0) is 25.1 Å². The number of benzene rings is 2. The molecule has 0 saturated carbocycles. The van der Waals surface area contributed by atoms with Crippen molar-refractivity contribution in [2.24, 2.45) is 0 Å². The fraction of sp³-hybridized carbons (Fsp3) is 0.100. The normalized spacial score (nSPS) is 11.9. The van der Waals surface area contributed by atoms with Gasteiger partial charge in [0.05, 0.1) is 9.80 Å². The van der Waals surface area contributed by atoms with Crippen LogP contribution in [0.25, 0.3) is 6.08 Å². The highest BCUT2D eigenvalue weighted by Crippen LogP contribution is 2.22. The molecule has 0 aliphatic carbocycles. The van der Waals surface area contributed by atoms with Gasteiger partial charge in [0, 0.05) is 5.56 Å². The van der Waals surface area contributed by atoms with E-state index in [0.717, 1.165) is 5.56 Å². The Morgan fingerprint density at radius 2 is 1.71 bits per heavy atom. The van der Waals surface area contributed by atoms with Gasteiger partial charge in [-0.15, -0.1) is 0 Å². The number of para-hydroxylation sites is 1. The standard InChI is InChI=1S/C20H20O3S/c1-3-4-6-11-18-12-9-10-15-20(18)23-16-17(2)24(21,22)19-13-7-5-8-14-19/h3-15H,2,16H2,1H3/b4-3+,11-6-. The fourth-order valence-corrected chi connectivity index (χ4v) is 3.08. The Morgan fingerprint density at radius 3 is 2.42 bits per heavy atom. The Labute approximate surface area is 143 Å². The second-order valence-corrected chi connectivity index (χ2v) is 7.12. The molecule has 0 spiro atoms. The molecule has 0 fully saturated rings. The van der Waals surface area contributed by atoms with Crippen molar-refractivity contribution in [1.82, 2.24) is 0 Å². The van der Waals surface area contributed by atoms with Crippen LogP contribution in [-0.2, 0) is 9.84 Å². The highest BCUT2D eigenvalue weighted by molar-refractivity contribution is 7.95. The Hall–Kier alpha value is -2.59. The summed E-state index contributed by atoms with van der Waals surface area (Å²) in [5.41, 5.74) is 0.875. The minimum absolute atomic E-state index is 0.0286. The Bertz CT molecular complexity index is 847. The first-order valence-corrected chi connectivity index (χ1v) is 9.03. The van der Waals surface area contributed by atoms with Gasteiger partial charge in [-0.25, -0.2) is 8.42 Å². The first-order chi connectivity index (χ1) is 11.6. The van der Waals surface area contributed by atoms with E-state index in [1.807, 2.05) is 49.4 Å². The summed E-state index contributed by atoms with van der Waals surface area (Å²) in [4.78, 5) is 0.251. The molecule has 24 heavy (non-hydrogen) atoms. The van der Waals surface area contributed by atoms with Gasteiger partial charge in [-0.2, -0.15) is 0 Å². The molecule has 4 heteroatoms. The monoisotopic (exact) mass is 340 g/mol. The van der Waals surface area contributed by atoms with E-state index >= 15 is 0 Å². The molecule has 0 bridgehead atoms. The number of hydrogen-bond acceptors (Lipinski definition) is 3. The van der Waals surface area contributed by atoms with Crippen molar-refractivity contribution in [3.05, 3.63) is 89.9 Å². The minimum Gasteiger partial charge on any atom is -0.488 e. The number of rotatable bonds is 7. The lowest BCUT2D eigenvalue weighted by atomic mass is 10.2. The third kappa shape index (κ3) is 4.46. The molecule has 2 rings (SSSR count). The summed E-state index contributed by atoms with van der Waals surface area (Å²) >= 11 is 0. The van der Waals surface area contributed by atoms with Gasteiger partial charge in [-0.3, -0.25) is 0 Å². The summed E-state index contributed by atoms with van der Waals surface area (Å²) < 4.78 is 30.6. The summed E-state index contributed by atoms with van der Waals surface area (Å²) in [6, 6.07) is 15.7. The summed E-state index contributed by atoms with van der Waals surface area (Å²) in [5, 5.41) is 0. The molecule has 0 radical (unpaired) electrons. The average Bonchev–Trinajstić information content (AvgIpc) is 2.61. The number of sulfone groups is 1. The largest absolute Gasteiger partial charge is 0.488 e. The first kappa shape index (κ1) is 17.8. The minimum atomic E-state index is -3.59. The van der Waals surface area contributed by atoms with Gasteiger partial charge in [0.2, 0.25) is 9.84 Å². The maximum Gasteiger partial charge on any atom is 0.205 e. The molecule has 0 N–H and O–H groups in total. The Morgan fingerprint density at radius 1 is 1.04 bits per heavy atom. The number of hydrogen-bond donors (Lipinski definition) is 0. The van der Waals surface area contributed by atoms with Crippen LogP contribution in [0.5, 0.6) is 5.75 Å². The molecule has 0 aromatic heterocycles. The second-order valence-electron chi connectivity index (χ2n) is 5.07. The molecule has 0 unspecified atom stereocenters. The fourth-order valence-electron chi connectivity index (χ4n) is 2.02. The lowest BCUT2D eigenvalue weighted by Crippen LogP contribution is -2.11. The lowest BCUT2D eigenvalue weighted by Gasteiger charge is -2.11. The van der Waals surface area contributed by atoms with Crippen LogP contribution in [0.15, 0.2) is 89.2 Å². The summed E-state index contributed by atoms with van der Waals surface area (Å²) in [6.45, 7) is 5.52. The predicted molar refractivity (Wildman–Crippen MR) is 98.6 cm³/mol. The molecular weight excluding hydrogens is 320 g/mol. The first-order valence-electron chi connectivity index (χ1n) is 7.55. The second kappa shape index (κ2) is 8.31. The van der Waals surface area contributed by atoms with Gasteiger partial charge >= 0.3 is 0 Å². The predicted octanol–water partition coefficient (Wildman–Crippen LogP) is 4.64. The molecule has 3 nitrogen and oxygen atoms in total. The van der Waals surface area contributed by atoms with Crippen molar-refractivity contribution in [1.29, 1.82) is 0 Å². The molecule has 0 aliphatic heterocycles. The highest BCUT2D eigenvalue weighted by Gasteiger charge is 2.19. The van der Waals surface area contributed by atoms with Crippen LogP contribution in [0.1, 0.15) is 12.5 Å². The van der Waals surface area contributed by atoms with Crippen molar-refractivity contribution in [2.45, 2.75) is 11.8 Å². The van der Waals surface area contributed by atoms with Crippen molar-refractivity contribution in [3.63, 3.8) is 0 Å². The molecule has 0 aliphatic rings. The summed E-state index contributed by atoms with van der Waals surface area (Å²) in [5.74, 6) is 0.614. The molecule has 2 aromatic carbocycles. The molecule has 0 atom stereocenters. The average molecular weight is 340 g/mol. The quantitative estimate of drug-likeness (QED) is 0.690. The van der Waals surface area contributed by atoms with Gasteiger partial charge in [0.25, 0.3) is 0 Å². The molecule has 0 heterocycles. The molecule has 2 aromatic rings. The van der Waals surface area contributed by atoms with Crippen LogP contribution in [0, 0.1) is 0 Å². The van der Waals surface area contributed by atoms with E-state index in [-0.39, 0.29) is 16.4 Å². The Balaban J connectivity index is 2.13. The molecular formula is C20H20O3S. The third-order valence-corrected chi connectivity index (χ3v) is 5.09. The van der Waals surface area contributed by atoms with Crippen molar-refractivity contribution < 1.29 is 13.2 Å². The van der Waals surface area contributed by atoms with Crippen molar-refractivity contribution in [2.75, 3.05) is 6.61 Å². The van der Waals surface area contributed by atoms with Crippen LogP contribution in [0.4, 0.5) is 0 Å². The topological polar surface area (TPSA) is 43.4 Å². The van der Waals surface area contributed by atoms with E-state index in [9.17, 15) is 8.42 Å². The van der Waals surface area contributed by atoms with E-state index in [4.69, 9.17) is 4.74 Å². The van der Waals surface area contributed by atoms with E-state index in [1.54, 1.807) is 36.4 Å². The number of ether oxygens (including phenoxy) is 1. The van der Waals surface area contributed by atoms with E-state index in [1.165, 1.54) is 0 Å². The van der Waals surface area contributed by atoms with Crippen LogP contribution in [0.3, 0.4) is 0 Å². The molecule has 124 valence electrons. The summed E-state index contributed by atoms with van der Waals surface area (Å²) in [6.07, 6.45) is 7.64. The maximum absolute atomic E-state index is 12.4. The zero-order chi connectivity index (χ0) is 17.4. The highest BCUT2D eigenvalue weighted by atomic mass is 32.2. The van der Waals surface area contributed by atoms with Gasteiger partial charge in [-0.1, -0.05) is 67.3 Å². The van der Waals surface area contributed by atoms with Gasteiger partial charge < -0.3 is 4.74 Å². The van der Waals surface area contributed by atoms with Crippen molar-refractivity contribution >= 4 is 15.9 Å². The smallest absolute Gasteiger partial charge is 0.205 e. The zero-order valence-electron chi connectivity index (χ0n) is 13.6. The van der Waals surface area contributed by atoms with E-state index in [2.05, 4.69) is 6.58 Å². The van der Waals surface area contributed by atoms with Crippen LogP contribution >= 0.6 is 0 Å². The van der Waals surface area contributed by atoms with E-state index in [0.29, 0.717) is 5.75 Å². The van der Waals surface area contributed by atoms with Gasteiger partial charge in [0.15, 0.2) is 0 Å². The lowest BCUT2D eigenvalue weighted by molar-refractivity contribution is 0.357. The maximum atomic E-state index is 12.4. The summed E-state index contributed by atoms with van der Waals surface area (Å²) in [7, 11) is -3.59. The van der Waals surface area contributed by atoms with Crippen LogP contribution < -0.4 is 4.74 Å². The Kier molecular flexibility index (Phi) is 6.15. The van der Waals surface area contributed by atoms with Crippen molar-refractivity contribution in [3.8, 4) is 5.75 Å². The van der Waals surface area contributed by atoms with E-state index < -0.39 is 9.84 Å². The SMILES string of the molecule is C=C(COc1ccccc1/C=C\C=C\C)S(=O)(=O)c1ccccc1. The van der Waals surface area contributed by atoms with Crippen LogP contribution in [-0.4, -0.2) is 15.0 Å². The number of allylic oxidation sites excluding steroid dienone is 3. The third-order valence-electron chi connectivity index (χ3n) is 3.32. The van der Waals surface area contributed by atoms with Crippen LogP contribution in [0.2, 0.25) is 0 Å². The molecule has 0 amide bonds. The van der Waals surface area contributed by atoms with Gasteiger partial charge in [0.1, 0.15) is 12.4 Å². The molecule has 0 saturated heterocycles. The zero-order valence-corrected chi connectivity index (χ0v) is 14.4.